The fraction of sp³-hybridized carbons (Fsp3) is 0.182. The minimum absolute atomic E-state index is 0. The van der Waals surface area contributed by atoms with Gasteiger partial charge in [0.05, 0.1) is 0 Å². The Labute approximate surface area is 106 Å². The molecule has 2 aromatic rings. The standard InChI is InChI=1S/C11H12N2O2.Ga.3H/c12-9(11(14)15)5-7-6-13-10-4-2-1-3-8(7)10;;;;/h1-4,6,9,13H,5,12H2,(H,14,15);;;;. The molecule has 1 heterocycles. The maximum absolute atomic E-state index is 10.6. The zero-order chi connectivity index (χ0) is 10.8. The molecule has 0 aliphatic rings. The monoisotopic (exact) mass is 276 g/mol. The summed E-state index contributed by atoms with van der Waals surface area (Å²) in [4.78, 5) is 13.7. The number of aliphatic carboxylic acids is 1. The van der Waals surface area contributed by atoms with E-state index in [9.17, 15) is 4.79 Å². The van der Waals surface area contributed by atoms with Crippen molar-refractivity contribution in [2.24, 2.45) is 5.73 Å². The topological polar surface area (TPSA) is 79.1 Å². The van der Waals surface area contributed by atoms with Gasteiger partial charge < -0.3 is 15.8 Å². The number of carboxylic acids is 1. The minimum atomic E-state index is -0.972. The van der Waals surface area contributed by atoms with Crippen molar-refractivity contribution >= 4 is 36.7 Å². The van der Waals surface area contributed by atoms with E-state index in [4.69, 9.17) is 10.8 Å². The maximum atomic E-state index is 10.6. The van der Waals surface area contributed by atoms with Crippen LogP contribution in [0.25, 0.3) is 10.9 Å². The van der Waals surface area contributed by atoms with Gasteiger partial charge in [0, 0.05) is 23.5 Å². The Kier molecular flexibility index (Phi) is 4.23. The van der Waals surface area contributed by atoms with Gasteiger partial charge in [-0.25, -0.2) is 0 Å². The van der Waals surface area contributed by atoms with Crippen molar-refractivity contribution in [1.29, 1.82) is 0 Å². The van der Waals surface area contributed by atoms with Gasteiger partial charge in [0.1, 0.15) is 6.04 Å². The summed E-state index contributed by atoms with van der Waals surface area (Å²) in [6.45, 7) is 0. The third-order valence-corrected chi connectivity index (χ3v) is 2.43. The third-order valence-electron chi connectivity index (χ3n) is 2.43. The number of nitrogens with one attached hydrogen (secondary N) is 1. The summed E-state index contributed by atoms with van der Waals surface area (Å²) in [5, 5.41) is 9.75. The first-order valence-electron chi connectivity index (χ1n) is 4.72. The van der Waals surface area contributed by atoms with Gasteiger partial charge in [-0.05, 0) is 11.6 Å². The molecule has 1 aromatic heterocycles. The van der Waals surface area contributed by atoms with E-state index >= 15 is 0 Å². The Morgan fingerprint density at radius 2 is 2.12 bits per heavy atom. The number of aromatic nitrogens is 1. The molecule has 0 saturated heterocycles. The summed E-state index contributed by atoms with van der Waals surface area (Å²) in [6, 6.07) is 6.91. The van der Waals surface area contributed by atoms with Crippen LogP contribution in [0.1, 0.15) is 5.56 Å². The van der Waals surface area contributed by atoms with E-state index in [0.717, 1.165) is 16.5 Å². The number of rotatable bonds is 3. The summed E-state index contributed by atoms with van der Waals surface area (Å²) in [7, 11) is 0. The molecule has 1 atom stereocenters. The Balaban J connectivity index is 0.00000128. The van der Waals surface area contributed by atoms with E-state index in [-0.39, 0.29) is 19.8 Å². The number of hydrogen-bond donors (Lipinski definition) is 3. The van der Waals surface area contributed by atoms with Gasteiger partial charge in [-0.3, -0.25) is 4.79 Å². The van der Waals surface area contributed by atoms with Crippen molar-refractivity contribution in [2.45, 2.75) is 12.5 Å². The number of H-pyrrole nitrogens is 1. The second-order valence-electron chi connectivity index (χ2n) is 3.51. The van der Waals surface area contributed by atoms with E-state index in [2.05, 4.69) is 4.98 Å². The second kappa shape index (κ2) is 5.24. The molecule has 1 unspecified atom stereocenters. The predicted molar refractivity (Wildman–Crippen MR) is 67.6 cm³/mol. The predicted octanol–water partition coefficient (Wildman–Crippen LogP) is -0.0616. The Bertz CT molecular complexity index is 495. The SMILES string of the molecule is NC(Cc1c[nH]c2ccccc12)C(=O)O.[GaH3]. The molecule has 0 fully saturated rings. The molecule has 2 rings (SSSR count). The van der Waals surface area contributed by atoms with E-state index in [1.807, 2.05) is 30.5 Å². The van der Waals surface area contributed by atoms with Crippen molar-refractivity contribution in [3.63, 3.8) is 0 Å². The second-order valence-corrected chi connectivity index (χ2v) is 3.51. The molecule has 0 aliphatic carbocycles. The zero-order valence-corrected chi connectivity index (χ0v) is 8.10. The summed E-state index contributed by atoms with van der Waals surface area (Å²) in [5.41, 5.74) is 7.43. The van der Waals surface area contributed by atoms with Crippen molar-refractivity contribution < 1.29 is 9.90 Å². The van der Waals surface area contributed by atoms with Gasteiger partial charge in [-0.2, -0.15) is 0 Å². The third kappa shape index (κ3) is 2.49. The molecule has 4 N–H and O–H groups in total. The van der Waals surface area contributed by atoms with Gasteiger partial charge >= 0.3 is 25.8 Å². The summed E-state index contributed by atoms with van der Waals surface area (Å²) in [5.74, 6) is -0.972. The summed E-state index contributed by atoms with van der Waals surface area (Å²) in [6.07, 6.45) is 2.16. The Morgan fingerprint density at radius 3 is 2.81 bits per heavy atom. The first-order valence-corrected chi connectivity index (χ1v) is 4.72. The molecule has 4 nitrogen and oxygen atoms in total. The number of aromatic amines is 1. The van der Waals surface area contributed by atoms with Crippen LogP contribution in [0, 0.1) is 0 Å². The number of para-hydroxylation sites is 1. The normalized spacial score (nSPS) is 12.1. The van der Waals surface area contributed by atoms with E-state index in [1.165, 1.54) is 0 Å². The quantitative estimate of drug-likeness (QED) is 0.687. The van der Waals surface area contributed by atoms with Crippen molar-refractivity contribution in [1.82, 2.24) is 4.98 Å². The molecule has 84 valence electrons. The fourth-order valence-corrected chi connectivity index (χ4v) is 1.62. The van der Waals surface area contributed by atoms with Crippen LogP contribution in [0.4, 0.5) is 0 Å². The van der Waals surface area contributed by atoms with Crippen LogP contribution in [0.5, 0.6) is 0 Å². The fourth-order valence-electron chi connectivity index (χ4n) is 1.62. The van der Waals surface area contributed by atoms with E-state index in [0.29, 0.717) is 6.42 Å². The molecule has 1 aromatic carbocycles. The zero-order valence-electron chi connectivity index (χ0n) is 8.10. The molecule has 0 bridgehead atoms. The van der Waals surface area contributed by atoms with Gasteiger partial charge in [0.25, 0.3) is 0 Å². The van der Waals surface area contributed by atoms with Crippen LogP contribution in [-0.2, 0) is 11.2 Å². The number of benzene rings is 1. The van der Waals surface area contributed by atoms with Crippen LogP contribution in [-0.4, -0.2) is 41.9 Å². The van der Waals surface area contributed by atoms with E-state index < -0.39 is 12.0 Å². The number of fused-ring (bicyclic) bond motifs is 1. The number of nitrogens with two attached hydrogens (primary N) is 1. The van der Waals surface area contributed by atoms with Crippen LogP contribution in [0.15, 0.2) is 30.5 Å². The average Bonchev–Trinajstić information content (AvgIpc) is 2.62. The molecule has 0 spiro atoms. The molecular weight excluding hydrogens is 262 g/mol. The number of carbonyl (C=O) groups is 1. The molecule has 0 saturated carbocycles. The molecule has 0 radical (unpaired) electrons. The van der Waals surface area contributed by atoms with Gasteiger partial charge in [-0.15, -0.1) is 0 Å². The van der Waals surface area contributed by atoms with Crippen LogP contribution in [0.3, 0.4) is 0 Å². The Hall–Kier alpha value is -1.17. The van der Waals surface area contributed by atoms with Gasteiger partial charge in [0.2, 0.25) is 0 Å². The summed E-state index contributed by atoms with van der Waals surface area (Å²) >= 11 is 0. The van der Waals surface area contributed by atoms with Crippen LogP contribution < -0.4 is 5.73 Å². The molecule has 5 heteroatoms. The van der Waals surface area contributed by atoms with Crippen molar-refractivity contribution in [3.05, 3.63) is 36.0 Å². The molecule has 0 amide bonds. The van der Waals surface area contributed by atoms with Crippen molar-refractivity contribution in [3.8, 4) is 0 Å². The molecule has 16 heavy (non-hydrogen) atoms. The number of hydrogen-bond acceptors (Lipinski definition) is 2. The van der Waals surface area contributed by atoms with Gasteiger partial charge in [0.15, 0.2) is 0 Å². The molecule has 0 aliphatic heterocycles. The summed E-state index contributed by atoms with van der Waals surface area (Å²) < 4.78 is 0. The number of carboxylic acid groups (broad SMARTS) is 1. The van der Waals surface area contributed by atoms with Gasteiger partial charge in [-0.1, -0.05) is 18.2 Å². The first-order chi connectivity index (χ1) is 7.18. The van der Waals surface area contributed by atoms with E-state index in [1.54, 1.807) is 0 Å². The van der Waals surface area contributed by atoms with Crippen LogP contribution >= 0.6 is 0 Å². The molecular formula is C11H15GaN2O2. The van der Waals surface area contributed by atoms with Crippen molar-refractivity contribution in [2.75, 3.05) is 0 Å². The average molecular weight is 277 g/mol. The van der Waals surface area contributed by atoms with Crippen LogP contribution in [0.2, 0.25) is 0 Å². The Morgan fingerprint density at radius 1 is 1.44 bits per heavy atom. The first kappa shape index (κ1) is 12.9.